The number of rotatable bonds is 3. The fourth-order valence-electron chi connectivity index (χ4n) is 3.69. The van der Waals surface area contributed by atoms with Crippen molar-refractivity contribution < 1.29 is 14.6 Å². The molecular formula is C32H36N4O3S. The normalized spacial score (nSPS) is 13.6. The van der Waals surface area contributed by atoms with Crippen LogP contribution in [0.25, 0.3) is 11.1 Å². The number of thiol groups is 1. The predicted molar refractivity (Wildman–Crippen MR) is 163 cm³/mol. The van der Waals surface area contributed by atoms with Crippen molar-refractivity contribution in [3.63, 3.8) is 0 Å². The zero-order chi connectivity index (χ0) is 29.5. The first-order valence-corrected chi connectivity index (χ1v) is 13.3. The van der Waals surface area contributed by atoms with Gasteiger partial charge in [0.1, 0.15) is 11.5 Å². The minimum absolute atomic E-state index is 0.0475. The first-order chi connectivity index (χ1) is 19.3. The Hall–Kier alpha value is -4.32. The fraction of sp³-hybridized carbons (Fsp3) is 0.219. The highest BCUT2D eigenvalue weighted by Crippen LogP contribution is 2.32. The molecule has 5 N–H and O–H groups in total. The van der Waals surface area contributed by atoms with Crippen LogP contribution < -0.4 is 16.2 Å². The topological polar surface area (TPSA) is 135 Å². The maximum atomic E-state index is 10.5. The maximum Gasteiger partial charge on any atom is 0.248 e. The molecule has 2 unspecified atom stereocenters. The van der Waals surface area contributed by atoms with Crippen molar-refractivity contribution in [2.24, 2.45) is 11.5 Å². The van der Waals surface area contributed by atoms with Crippen molar-refractivity contribution in [1.82, 2.24) is 4.98 Å². The lowest BCUT2D eigenvalue weighted by Crippen LogP contribution is -2.18. The summed E-state index contributed by atoms with van der Waals surface area (Å²) in [6.07, 6.45) is 5.97. The monoisotopic (exact) mass is 556 g/mol. The zero-order valence-electron chi connectivity index (χ0n) is 23.0. The largest absolute Gasteiger partial charge is 0.508 e. The van der Waals surface area contributed by atoms with Gasteiger partial charge in [0, 0.05) is 22.9 Å². The maximum absolute atomic E-state index is 10.5. The third kappa shape index (κ3) is 10.1. The fourth-order valence-corrected chi connectivity index (χ4v) is 3.84. The van der Waals surface area contributed by atoms with E-state index in [-0.39, 0.29) is 11.7 Å². The number of aryl methyl sites for hydroxylation is 1. The van der Waals surface area contributed by atoms with E-state index in [0.717, 1.165) is 29.1 Å². The molecule has 0 aliphatic carbocycles. The van der Waals surface area contributed by atoms with Gasteiger partial charge in [-0.2, -0.15) is 5.26 Å². The van der Waals surface area contributed by atoms with Crippen LogP contribution in [0.3, 0.4) is 0 Å². The van der Waals surface area contributed by atoms with E-state index in [1.165, 1.54) is 48.0 Å². The molecule has 0 saturated carbocycles. The summed E-state index contributed by atoms with van der Waals surface area (Å²) in [6, 6.07) is 26.4. The van der Waals surface area contributed by atoms with Crippen LogP contribution in [0.15, 0.2) is 96.2 Å². The van der Waals surface area contributed by atoms with Gasteiger partial charge in [0.2, 0.25) is 5.91 Å². The third-order valence-electron chi connectivity index (χ3n) is 5.94. The molecule has 1 aromatic heterocycles. The van der Waals surface area contributed by atoms with Crippen LogP contribution >= 0.6 is 12.6 Å². The summed E-state index contributed by atoms with van der Waals surface area (Å²) >= 11 is 4.31. The van der Waals surface area contributed by atoms with E-state index in [0.29, 0.717) is 11.7 Å². The highest BCUT2D eigenvalue weighted by molar-refractivity contribution is 7.80. The quantitative estimate of drug-likeness (QED) is 0.224. The smallest absolute Gasteiger partial charge is 0.248 e. The number of primary amides is 1. The molecule has 2 heterocycles. The van der Waals surface area contributed by atoms with Crippen LogP contribution in [0.5, 0.6) is 11.5 Å². The molecule has 0 saturated heterocycles. The number of nitrogens with zero attached hydrogens (tertiary/aromatic N) is 2. The van der Waals surface area contributed by atoms with Crippen molar-refractivity contribution in [1.29, 1.82) is 5.26 Å². The molecule has 0 fully saturated rings. The number of carbonyl (C=O) groups is 1. The van der Waals surface area contributed by atoms with E-state index in [4.69, 9.17) is 20.8 Å². The summed E-state index contributed by atoms with van der Waals surface area (Å²) in [6.45, 7) is 3.99. The van der Waals surface area contributed by atoms with Gasteiger partial charge in [0.05, 0.1) is 18.1 Å². The summed E-state index contributed by atoms with van der Waals surface area (Å²) in [5.74, 6) is 0.641. The molecule has 208 valence electrons. The standard InChI is InChI=1S/C16H16OS.C8H8N2.C7H7NO2.CH5N/c1-11-2-3-14-10-13(6-9-16(14)17-11)12-4-7-15(18)8-5-12;1-7(5-9)8-3-2-4-10-6-8;8-7(10)5-1-3-6(9)4-2-5;1-2/h4-11,18H,2-3H2,1H3;2-4,6-7H,1H3;1-4,9H,(H2,8,10);2H2,1H3. The van der Waals surface area contributed by atoms with Crippen molar-refractivity contribution in [2.75, 3.05) is 7.05 Å². The van der Waals surface area contributed by atoms with Crippen molar-refractivity contribution >= 4 is 18.5 Å². The molecule has 0 spiro atoms. The molecule has 3 aromatic carbocycles. The predicted octanol–water partition coefficient (Wildman–Crippen LogP) is 6.13. The highest BCUT2D eigenvalue weighted by atomic mass is 32.1. The Morgan fingerprint density at radius 1 is 1.07 bits per heavy atom. The van der Waals surface area contributed by atoms with Crippen LogP contribution in [0.2, 0.25) is 0 Å². The minimum atomic E-state index is -0.486. The summed E-state index contributed by atoms with van der Waals surface area (Å²) in [4.78, 5) is 15.3. The number of pyridine rings is 1. The van der Waals surface area contributed by atoms with E-state index < -0.39 is 5.91 Å². The molecule has 8 heteroatoms. The number of hydrogen-bond donors (Lipinski definition) is 4. The van der Waals surface area contributed by atoms with E-state index in [2.05, 4.69) is 66.7 Å². The molecule has 7 nitrogen and oxygen atoms in total. The number of nitrogens with two attached hydrogens (primary N) is 2. The van der Waals surface area contributed by atoms with Crippen molar-refractivity contribution in [3.8, 4) is 28.7 Å². The summed E-state index contributed by atoms with van der Waals surface area (Å²) in [7, 11) is 1.50. The minimum Gasteiger partial charge on any atom is -0.508 e. The number of benzene rings is 3. The molecule has 5 rings (SSSR count). The molecule has 0 radical (unpaired) electrons. The number of fused-ring (bicyclic) bond motifs is 1. The van der Waals surface area contributed by atoms with Gasteiger partial charge in [0.15, 0.2) is 0 Å². The van der Waals surface area contributed by atoms with Gasteiger partial charge >= 0.3 is 0 Å². The Labute approximate surface area is 241 Å². The second-order valence-corrected chi connectivity index (χ2v) is 9.40. The number of aromatic nitrogens is 1. The number of hydrogen-bond acceptors (Lipinski definition) is 7. The highest BCUT2D eigenvalue weighted by Gasteiger charge is 2.16. The summed E-state index contributed by atoms with van der Waals surface area (Å²) in [5, 5.41) is 17.3. The molecule has 1 aliphatic heterocycles. The van der Waals surface area contributed by atoms with Crippen molar-refractivity contribution in [3.05, 3.63) is 108 Å². The SMILES string of the molecule is CC(C#N)c1cccnc1.CC1CCc2cc(-c3ccc(S)cc3)ccc2O1.CN.NC(=O)c1ccc(O)cc1. The summed E-state index contributed by atoms with van der Waals surface area (Å²) < 4.78 is 5.83. The van der Waals surface area contributed by atoms with Gasteiger partial charge in [-0.3, -0.25) is 9.78 Å². The lowest BCUT2D eigenvalue weighted by Gasteiger charge is -2.23. The first kappa shape index (κ1) is 31.9. The number of carbonyl (C=O) groups excluding carboxylic acids is 1. The van der Waals surface area contributed by atoms with E-state index in [1.54, 1.807) is 12.4 Å². The Bertz CT molecular complexity index is 1370. The lowest BCUT2D eigenvalue weighted by atomic mass is 9.97. The van der Waals surface area contributed by atoms with E-state index in [1.807, 2.05) is 31.2 Å². The van der Waals surface area contributed by atoms with Gasteiger partial charge in [0.25, 0.3) is 0 Å². The summed E-state index contributed by atoms with van der Waals surface area (Å²) in [5.41, 5.74) is 14.6. The zero-order valence-corrected chi connectivity index (χ0v) is 23.9. The van der Waals surface area contributed by atoms with E-state index in [9.17, 15) is 4.79 Å². The van der Waals surface area contributed by atoms with E-state index >= 15 is 0 Å². The van der Waals surface area contributed by atoms with Crippen LogP contribution in [-0.4, -0.2) is 29.1 Å². The number of nitriles is 1. The number of phenols is 1. The Morgan fingerprint density at radius 3 is 2.30 bits per heavy atom. The lowest BCUT2D eigenvalue weighted by molar-refractivity contribution is 0.1000. The van der Waals surface area contributed by atoms with Crippen LogP contribution in [0.1, 0.15) is 47.7 Å². The van der Waals surface area contributed by atoms with Gasteiger partial charge < -0.3 is 21.3 Å². The Balaban J connectivity index is 0.000000219. The van der Waals surface area contributed by atoms with Gasteiger partial charge in [-0.1, -0.05) is 24.3 Å². The molecule has 2 atom stereocenters. The number of amides is 1. The van der Waals surface area contributed by atoms with Gasteiger partial charge in [-0.05, 0) is 111 Å². The first-order valence-electron chi connectivity index (χ1n) is 12.8. The molecule has 1 amide bonds. The molecule has 0 bridgehead atoms. The average Bonchev–Trinajstić information content (AvgIpc) is 2.99. The number of phenolic OH excluding ortho intramolecular Hbond substituents is 1. The Morgan fingerprint density at radius 2 is 1.73 bits per heavy atom. The van der Waals surface area contributed by atoms with Gasteiger partial charge in [-0.25, -0.2) is 0 Å². The molecular weight excluding hydrogens is 520 g/mol. The van der Waals surface area contributed by atoms with Crippen molar-refractivity contribution in [2.45, 2.75) is 43.6 Å². The van der Waals surface area contributed by atoms with Gasteiger partial charge in [-0.15, -0.1) is 12.6 Å². The second-order valence-electron chi connectivity index (χ2n) is 8.88. The molecule has 40 heavy (non-hydrogen) atoms. The molecule has 1 aliphatic rings. The van der Waals surface area contributed by atoms with Crippen LogP contribution in [0.4, 0.5) is 0 Å². The number of aromatic hydroxyl groups is 1. The van der Waals surface area contributed by atoms with Crippen LogP contribution in [0, 0.1) is 11.3 Å². The Kier molecular flexibility index (Phi) is 13.2. The second kappa shape index (κ2) is 16.6. The molecule has 4 aromatic rings. The number of ether oxygens (including phenoxy) is 1. The average molecular weight is 557 g/mol. The third-order valence-corrected chi connectivity index (χ3v) is 6.24. The van der Waals surface area contributed by atoms with Crippen LogP contribution in [-0.2, 0) is 6.42 Å².